The van der Waals surface area contributed by atoms with Crippen molar-refractivity contribution in [1.82, 2.24) is 4.90 Å². The number of carbonyl (C=O) groups is 2. The Morgan fingerprint density at radius 2 is 2.04 bits per heavy atom. The third-order valence-corrected chi connectivity index (χ3v) is 5.15. The maximum absolute atomic E-state index is 13.1. The van der Waals surface area contributed by atoms with Crippen molar-refractivity contribution < 1.29 is 18.7 Å². The molecule has 0 spiro atoms. The van der Waals surface area contributed by atoms with Gasteiger partial charge in [-0.3, -0.25) is 4.79 Å². The summed E-state index contributed by atoms with van der Waals surface area (Å²) in [6.07, 6.45) is 1.57. The van der Waals surface area contributed by atoms with Crippen molar-refractivity contribution in [2.75, 3.05) is 12.9 Å². The van der Waals surface area contributed by atoms with Gasteiger partial charge in [-0.2, -0.15) is 0 Å². The van der Waals surface area contributed by atoms with Crippen LogP contribution in [0.5, 0.6) is 0 Å². The van der Waals surface area contributed by atoms with Crippen molar-refractivity contribution in [1.29, 1.82) is 0 Å². The predicted molar refractivity (Wildman–Crippen MR) is 87.1 cm³/mol. The molecule has 0 aliphatic carbocycles. The molecule has 1 aromatic carbocycles. The van der Waals surface area contributed by atoms with Gasteiger partial charge in [-0.05, 0) is 30.7 Å². The van der Waals surface area contributed by atoms with Crippen molar-refractivity contribution in [2.45, 2.75) is 18.3 Å². The molecule has 2 unspecified atom stereocenters. The number of esters is 1. The van der Waals surface area contributed by atoms with E-state index in [9.17, 15) is 9.59 Å². The molecular weight excluding hydrogens is 314 g/mol. The van der Waals surface area contributed by atoms with Crippen LogP contribution in [0.15, 0.2) is 47.1 Å². The monoisotopic (exact) mass is 331 g/mol. The molecule has 0 radical (unpaired) electrons. The van der Waals surface area contributed by atoms with E-state index in [0.29, 0.717) is 17.1 Å². The summed E-state index contributed by atoms with van der Waals surface area (Å²) in [5, 5.41) is -0.332. The van der Waals surface area contributed by atoms with Gasteiger partial charge in [-0.25, -0.2) is 4.79 Å². The van der Waals surface area contributed by atoms with Crippen LogP contribution in [0, 0.1) is 6.92 Å². The Labute approximate surface area is 138 Å². The fraction of sp³-hybridized carbons (Fsp3) is 0.294. The van der Waals surface area contributed by atoms with Gasteiger partial charge in [0.05, 0.1) is 13.4 Å². The lowest BCUT2D eigenvalue weighted by Crippen LogP contribution is -2.43. The summed E-state index contributed by atoms with van der Waals surface area (Å²) in [7, 11) is 1.34. The Morgan fingerprint density at radius 1 is 1.26 bits per heavy atom. The van der Waals surface area contributed by atoms with Crippen LogP contribution in [0.4, 0.5) is 0 Å². The molecule has 2 heterocycles. The summed E-state index contributed by atoms with van der Waals surface area (Å²) < 4.78 is 10.3. The van der Waals surface area contributed by atoms with Crippen LogP contribution in [0.1, 0.15) is 27.1 Å². The normalized spacial score (nSPS) is 20.5. The van der Waals surface area contributed by atoms with Crippen LogP contribution in [0.3, 0.4) is 0 Å². The van der Waals surface area contributed by atoms with Crippen LogP contribution in [-0.2, 0) is 9.53 Å². The summed E-state index contributed by atoms with van der Waals surface area (Å²) in [4.78, 5) is 26.7. The molecule has 1 fully saturated rings. The largest absolute Gasteiger partial charge is 0.467 e. The van der Waals surface area contributed by atoms with E-state index in [-0.39, 0.29) is 11.3 Å². The standard InChI is InChI=1S/C17H17NO4S/c1-11-6-3-4-7-12(11)15(19)18-13(17(20)21-2)10-23-16(18)14-8-5-9-22-14/h3-9,13,16H,10H2,1-2H3. The predicted octanol–water partition coefficient (Wildman–Crippen LogP) is 3.02. The minimum absolute atomic E-state index is 0.190. The molecule has 1 aliphatic heterocycles. The highest BCUT2D eigenvalue weighted by atomic mass is 32.2. The van der Waals surface area contributed by atoms with Gasteiger partial charge in [0.15, 0.2) is 0 Å². The molecular formula is C17H17NO4S. The van der Waals surface area contributed by atoms with Gasteiger partial charge in [0, 0.05) is 11.3 Å². The third-order valence-electron chi connectivity index (χ3n) is 3.87. The molecule has 0 saturated carbocycles. The second-order valence-corrected chi connectivity index (χ2v) is 6.38. The average Bonchev–Trinajstić information content (AvgIpc) is 3.22. The molecule has 2 atom stereocenters. The maximum Gasteiger partial charge on any atom is 0.329 e. The number of benzene rings is 1. The Balaban J connectivity index is 2.00. The fourth-order valence-corrected chi connectivity index (χ4v) is 4.04. The Hall–Kier alpha value is -2.21. The van der Waals surface area contributed by atoms with E-state index in [4.69, 9.17) is 9.15 Å². The summed E-state index contributed by atoms with van der Waals surface area (Å²) in [6.45, 7) is 1.88. The zero-order valence-corrected chi connectivity index (χ0v) is 13.7. The molecule has 3 rings (SSSR count). The number of furan rings is 1. The van der Waals surface area contributed by atoms with Gasteiger partial charge in [0.25, 0.3) is 5.91 Å². The van der Waals surface area contributed by atoms with E-state index < -0.39 is 12.0 Å². The van der Waals surface area contributed by atoms with E-state index in [1.54, 1.807) is 23.3 Å². The Morgan fingerprint density at radius 3 is 2.70 bits per heavy atom. The number of methoxy groups -OCH3 is 1. The van der Waals surface area contributed by atoms with Crippen LogP contribution in [0.2, 0.25) is 0 Å². The van der Waals surface area contributed by atoms with Crippen molar-refractivity contribution in [2.24, 2.45) is 0 Å². The smallest absolute Gasteiger partial charge is 0.329 e. The van der Waals surface area contributed by atoms with Crippen molar-refractivity contribution in [3.63, 3.8) is 0 Å². The van der Waals surface area contributed by atoms with Gasteiger partial charge >= 0.3 is 5.97 Å². The number of carbonyl (C=O) groups excluding carboxylic acids is 2. The summed E-state index contributed by atoms with van der Waals surface area (Å²) >= 11 is 1.50. The number of aryl methyl sites for hydroxylation is 1. The van der Waals surface area contributed by atoms with Gasteiger partial charge in [0.1, 0.15) is 17.2 Å². The number of ether oxygens (including phenoxy) is 1. The van der Waals surface area contributed by atoms with Gasteiger partial charge in [0.2, 0.25) is 0 Å². The first-order valence-electron chi connectivity index (χ1n) is 7.24. The van der Waals surface area contributed by atoms with Gasteiger partial charge < -0.3 is 14.1 Å². The van der Waals surface area contributed by atoms with Crippen LogP contribution in [0.25, 0.3) is 0 Å². The fourth-order valence-electron chi connectivity index (χ4n) is 2.67. The molecule has 5 nitrogen and oxygen atoms in total. The van der Waals surface area contributed by atoms with E-state index in [2.05, 4.69) is 0 Å². The zero-order valence-electron chi connectivity index (χ0n) is 12.9. The number of hydrogen-bond acceptors (Lipinski definition) is 5. The number of rotatable bonds is 3. The second kappa shape index (κ2) is 6.50. The average molecular weight is 331 g/mol. The lowest BCUT2D eigenvalue weighted by atomic mass is 10.1. The summed E-state index contributed by atoms with van der Waals surface area (Å²) in [5.74, 6) is 0.539. The molecule has 120 valence electrons. The SMILES string of the molecule is COC(=O)C1CSC(c2ccco2)N1C(=O)c1ccccc1C. The Bertz CT molecular complexity index is 713. The van der Waals surface area contributed by atoms with Crippen molar-refractivity contribution in [3.8, 4) is 0 Å². The molecule has 6 heteroatoms. The first-order valence-corrected chi connectivity index (χ1v) is 8.29. The van der Waals surface area contributed by atoms with Crippen molar-refractivity contribution in [3.05, 3.63) is 59.5 Å². The minimum atomic E-state index is -0.618. The molecule has 1 aromatic heterocycles. The molecule has 2 aromatic rings. The lowest BCUT2D eigenvalue weighted by molar-refractivity contribution is -0.145. The first kappa shape index (κ1) is 15.7. The van der Waals surface area contributed by atoms with E-state index >= 15 is 0 Å². The van der Waals surface area contributed by atoms with Crippen LogP contribution in [-0.4, -0.2) is 35.7 Å². The minimum Gasteiger partial charge on any atom is -0.467 e. The van der Waals surface area contributed by atoms with Gasteiger partial charge in [-0.15, -0.1) is 11.8 Å². The highest BCUT2D eigenvalue weighted by Gasteiger charge is 2.44. The zero-order chi connectivity index (χ0) is 16.4. The van der Waals surface area contributed by atoms with Gasteiger partial charge in [-0.1, -0.05) is 18.2 Å². The summed E-state index contributed by atoms with van der Waals surface area (Å²) in [6, 6.07) is 10.3. The molecule has 0 bridgehead atoms. The Kier molecular flexibility index (Phi) is 4.43. The number of hydrogen-bond donors (Lipinski definition) is 0. The number of nitrogens with zero attached hydrogens (tertiary/aromatic N) is 1. The molecule has 1 saturated heterocycles. The number of thioether (sulfide) groups is 1. The van der Waals surface area contributed by atoms with Crippen LogP contribution >= 0.6 is 11.8 Å². The van der Waals surface area contributed by atoms with E-state index in [0.717, 1.165) is 5.56 Å². The highest BCUT2D eigenvalue weighted by Crippen LogP contribution is 2.42. The second-order valence-electron chi connectivity index (χ2n) is 5.27. The van der Waals surface area contributed by atoms with E-state index in [1.165, 1.54) is 18.9 Å². The third kappa shape index (κ3) is 2.86. The number of amides is 1. The summed E-state index contributed by atoms with van der Waals surface area (Å²) in [5.41, 5.74) is 1.46. The molecule has 23 heavy (non-hydrogen) atoms. The van der Waals surface area contributed by atoms with Crippen LogP contribution < -0.4 is 0 Å². The first-order chi connectivity index (χ1) is 11.1. The molecule has 1 aliphatic rings. The quantitative estimate of drug-likeness (QED) is 0.809. The molecule has 0 N–H and O–H groups in total. The highest BCUT2D eigenvalue weighted by molar-refractivity contribution is 7.99. The topological polar surface area (TPSA) is 59.8 Å². The molecule has 1 amide bonds. The van der Waals surface area contributed by atoms with Crippen molar-refractivity contribution >= 4 is 23.6 Å². The maximum atomic E-state index is 13.1. The van der Waals surface area contributed by atoms with E-state index in [1.807, 2.05) is 31.2 Å². The lowest BCUT2D eigenvalue weighted by Gasteiger charge is -2.27.